The minimum absolute atomic E-state index is 0.0730. The first kappa shape index (κ1) is 22.2. The van der Waals surface area contributed by atoms with Gasteiger partial charge < -0.3 is 29.0 Å². The predicted molar refractivity (Wildman–Crippen MR) is 111 cm³/mol. The van der Waals surface area contributed by atoms with Gasteiger partial charge in [0.05, 0.1) is 41.6 Å². The molecular formula is C22H29NO6. The zero-order valence-electron chi connectivity index (χ0n) is 17.8. The van der Waals surface area contributed by atoms with E-state index < -0.39 is 0 Å². The molecule has 1 amide bonds. The van der Waals surface area contributed by atoms with E-state index >= 15 is 0 Å². The third kappa shape index (κ3) is 5.47. The van der Waals surface area contributed by atoms with Gasteiger partial charge in [-0.2, -0.15) is 0 Å². The van der Waals surface area contributed by atoms with Crippen molar-refractivity contribution >= 4 is 5.91 Å². The monoisotopic (exact) mass is 403 g/mol. The van der Waals surface area contributed by atoms with E-state index in [1.165, 1.54) is 0 Å². The highest BCUT2D eigenvalue weighted by Gasteiger charge is 2.17. The molecule has 0 radical (unpaired) electrons. The van der Waals surface area contributed by atoms with Crippen LogP contribution in [0.3, 0.4) is 0 Å². The Kier molecular flexibility index (Phi) is 8.00. The summed E-state index contributed by atoms with van der Waals surface area (Å²) in [5.41, 5.74) is 1.77. The summed E-state index contributed by atoms with van der Waals surface area (Å²) in [6.45, 7) is 1.91. The molecule has 1 atom stereocenters. The van der Waals surface area contributed by atoms with Crippen LogP contribution in [0.2, 0.25) is 0 Å². The van der Waals surface area contributed by atoms with Crippen molar-refractivity contribution in [3.05, 3.63) is 41.5 Å². The maximum atomic E-state index is 12.5. The Morgan fingerprint density at radius 3 is 2.00 bits per heavy atom. The number of hydrogen-bond acceptors (Lipinski definition) is 6. The summed E-state index contributed by atoms with van der Waals surface area (Å²) < 4.78 is 26.7. The van der Waals surface area contributed by atoms with Gasteiger partial charge in [0.25, 0.3) is 0 Å². The summed E-state index contributed by atoms with van der Waals surface area (Å²) in [5.74, 6) is 2.99. The third-order valence-corrected chi connectivity index (χ3v) is 4.65. The van der Waals surface area contributed by atoms with Crippen LogP contribution in [-0.2, 0) is 11.2 Å². The lowest BCUT2D eigenvalue weighted by molar-refractivity contribution is -0.121. The second-order valence-electron chi connectivity index (χ2n) is 6.43. The van der Waals surface area contributed by atoms with Crippen molar-refractivity contribution in [2.45, 2.75) is 25.8 Å². The molecule has 1 N–H and O–H groups in total. The number of carbonyl (C=O) groups excluding carboxylic acids is 1. The fraction of sp³-hybridized carbons (Fsp3) is 0.409. The lowest BCUT2D eigenvalue weighted by Gasteiger charge is -2.18. The third-order valence-electron chi connectivity index (χ3n) is 4.65. The molecule has 0 spiro atoms. The topological polar surface area (TPSA) is 75.3 Å². The van der Waals surface area contributed by atoms with Crippen LogP contribution in [0.5, 0.6) is 28.7 Å². The molecule has 0 aliphatic heterocycles. The van der Waals surface area contributed by atoms with Crippen LogP contribution in [0, 0.1) is 0 Å². The predicted octanol–water partition coefficient (Wildman–Crippen LogP) is 3.54. The second kappa shape index (κ2) is 10.5. The van der Waals surface area contributed by atoms with Gasteiger partial charge in [0.2, 0.25) is 11.7 Å². The first-order chi connectivity index (χ1) is 14.0. The lowest BCUT2D eigenvalue weighted by Crippen LogP contribution is -2.27. The van der Waals surface area contributed by atoms with E-state index in [-0.39, 0.29) is 11.9 Å². The summed E-state index contributed by atoms with van der Waals surface area (Å²) in [5, 5.41) is 3.01. The molecule has 7 nitrogen and oxygen atoms in total. The molecule has 2 rings (SSSR count). The van der Waals surface area contributed by atoms with Crippen molar-refractivity contribution in [3.8, 4) is 28.7 Å². The van der Waals surface area contributed by atoms with E-state index in [9.17, 15) is 4.79 Å². The fourth-order valence-electron chi connectivity index (χ4n) is 3.11. The highest BCUT2D eigenvalue weighted by molar-refractivity contribution is 5.77. The number of carbonyl (C=O) groups is 1. The molecular weight excluding hydrogens is 374 g/mol. The van der Waals surface area contributed by atoms with Crippen LogP contribution in [-0.4, -0.2) is 41.5 Å². The van der Waals surface area contributed by atoms with Gasteiger partial charge in [-0.1, -0.05) is 0 Å². The van der Waals surface area contributed by atoms with Crippen LogP contribution < -0.4 is 29.0 Å². The summed E-state index contributed by atoms with van der Waals surface area (Å²) in [7, 11) is 7.90. The van der Waals surface area contributed by atoms with Gasteiger partial charge in [0.1, 0.15) is 11.5 Å². The fourth-order valence-corrected chi connectivity index (χ4v) is 3.11. The molecule has 0 saturated heterocycles. The summed E-state index contributed by atoms with van der Waals surface area (Å²) >= 11 is 0. The van der Waals surface area contributed by atoms with Crippen molar-refractivity contribution in [2.24, 2.45) is 0 Å². The molecule has 2 aromatic rings. The maximum Gasteiger partial charge on any atom is 0.220 e. The Labute approximate surface area is 171 Å². The highest BCUT2D eigenvalue weighted by Crippen LogP contribution is 2.38. The Morgan fingerprint density at radius 2 is 1.48 bits per heavy atom. The molecule has 0 unspecified atom stereocenters. The Balaban J connectivity index is 2.07. The number of rotatable bonds is 10. The van der Waals surface area contributed by atoms with Gasteiger partial charge in [-0.05, 0) is 49.2 Å². The largest absolute Gasteiger partial charge is 0.497 e. The molecule has 0 heterocycles. The maximum absolute atomic E-state index is 12.5. The molecule has 0 aromatic heterocycles. The first-order valence-corrected chi connectivity index (χ1v) is 9.27. The van der Waals surface area contributed by atoms with Gasteiger partial charge in [-0.25, -0.2) is 0 Å². The average molecular weight is 403 g/mol. The number of methoxy groups -OCH3 is 5. The van der Waals surface area contributed by atoms with Crippen LogP contribution in [0.15, 0.2) is 30.3 Å². The van der Waals surface area contributed by atoms with Crippen LogP contribution in [0.1, 0.15) is 30.5 Å². The van der Waals surface area contributed by atoms with Crippen molar-refractivity contribution in [1.29, 1.82) is 0 Å². The van der Waals surface area contributed by atoms with E-state index in [1.807, 2.05) is 37.3 Å². The quantitative estimate of drug-likeness (QED) is 0.654. The van der Waals surface area contributed by atoms with Gasteiger partial charge in [0.15, 0.2) is 11.5 Å². The van der Waals surface area contributed by atoms with Crippen molar-refractivity contribution in [2.75, 3.05) is 35.5 Å². The van der Waals surface area contributed by atoms with Crippen molar-refractivity contribution in [1.82, 2.24) is 5.32 Å². The molecule has 0 aliphatic rings. The first-order valence-electron chi connectivity index (χ1n) is 9.27. The number of amides is 1. The van der Waals surface area contributed by atoms with E-state index in [1.54, 1.807) is 35.5 Å². The van der Waals surface area contributed by atoms with Gasteiger partial charge in [-0.15, -0.1) is 0 Å². The number of aryl methyl sites for hydroxylation is 1. The minimum atomic E-state index is -0.229. The van der Waals surface area contributed by atoms with Crippen LogP contribution in [0.25, 0.3) is 0 Å². The average Bonchev–Trinajstić information content (AvgIpc) is 2.76. The Bertz CT molecular complexity index is 811. The molecule has 0 saturated carbocycles. The van der Waals surface area contributed by atoms with E-state index in [0.29, 0.717) is 41.6 Å². The van der Waals surface area contributed by atoms with Crippen LogP contribution in [0.4, 0.5) is 0 Å². The molecule has 7 heteroatoms. The zero-order valence-corrected chi connectivity index (χ0v) is 17.8. The van der Waals surface area contributed by atoms with Crippen molar-refractivity contribution in [3.63, 3.8) is 0 Å². The molecule has 0 bridgehead atoms. The standard InChI is InChI=1S/C22H29NO6/c1-14(17-13-16(25-2)8-9-18(17)26-3)23-21(24)10-7-15-11-19(27-4)22(29-6)20(12-15)28-5/h8-9,11-14H,7,10H2,1-6H3,(H,23,24)/t14-/m0/s1. The highest BCUT2D eigenvalue weighted by atomic mass is 16.5. The van der Waals surface area contributed by atoms with Crippen molar-refractivity contribution < 1.29 is 28.5 Å². The number of ether oxygens (including phenoxy) is 5. The molecule has 29 heavy (non-hydrogen) atoms. The SMILES string of the molecule is COc1ccc(OC)c([C@H](C)NC(=O)CCc2cc(OC)c(OC)c(OC)c2)c1. The summed E-state index contributed by atoms with van der Waals surface area (Å²) in [4.78, 5) is 12.5. The van der Waals surface area contributed by atoms with Crippen LogP contribution >= 0.6 is 0 Å². The Morgan fingerprint density at radius 1 is 0.862 bits per heavy atom. The number of hydrogen-bond donors (Lipinski definition) is 1. The summed E-state index contributed by atoms with van der Waals surface area (Å²) in [6.07, 6.45) is 0.847. The van der Waals surface area contributed by atoms with E-state index in [0.717, 1.165) is 11.1 Å². The molecule has 2 aromatic carbocycles. The summed E-state index contributed by atoms with van der Waals surface area (Å²) in [6, 6.07) is 8.98. The normalized spacial score (nSPS) is 11.4. The Hall–Kier alpha value is -3.09. The molecule has 158 valence electrons. The van der Waals surface area contributed by atoms with Gasteiger partial charge in [0, 0.05) is 12.0 Å². The van der Waals surface area contributed by atoms with E-state index in [2.05, 4.69) is 5.32 Å². The smallest absolute Gasteiger partial charge is 0.220 e. The molecule has 0 fully saturated rings. The lowest BCUT2D eigenvalue weighted by atomic mass is 10.0. The number of nitrogens with one attached hydrogen (secondary N) is 1. The van der Waals surface area contributed by atoms with E-state index in [4.69, 9.17) is 23.7 Å². The van der Waals surface area contributed by atoms with Gasteiger partial charge in [-0.3, -0.25) is 4.79 Å². The second-order valence-corrected chi connectivity index (χ2v) is 6.43. The zero-order chi connectivity index (χ0) is 21.4. The number of benzene rings is 2. The van der Waals surface area contributed by atoms with Gasteiger partial charge >= 0.3 is 0 Å². The minimum Gasteiger partial charge on any atom is -0.497 e. The molecule has 0 aliphatic carbocycles.